The standard InChI is InChI=1S/C24H19F3N2O4/c1-13-3-5-16(29-21(13)14-9-17(25)22(31-2)28-12-14)11-20(30)23(7-8-23)15-4-6-18-19(10-15)33-24(26,27)32-18/h3-6,9-10,12H,7-8,11H2,1-2H3. The highest BCUT2D eigenvalue weighted by atomic mass is 19.3. The number of benzene rings is 1. The molecule has 0 amide bonds. The highest BCUT2D eigenvalue weighted by Gasteiger charge is 2.52. The van der Waals surface area contributed by atoms with Gasteiger partial charge in [0.1, 0.15) is 5.78 Å². The normalized spacial score (nSPS) is 17.0. The number of aryl methyl sites for hydroxylation is 1. The molecule has 1 aliphatic carbocycles. The highest BCUT2D eigenvalue weighted by Crippen LogP contribution is 2.52. The van der Waals surface area contributed by atoms with E-state index in [9.17, 15) is 18.0 Å². The van der Waals surface area contributed by atoms with Crippen molar-refractivity contribution in [1.82, 2.24) is 9.97 Å². The first-order valence-corrected chi connectivity index (χ1v) is 10.3. The summed E-state index contributed by atoms with van der Waals surface area (Å²) >= 11 is 0. The predicted molar refractivity (Wildman–Crippen MR) is 111 cm³/mol. The van der Waals surface area contributed by atoms with Crippen molar-refractivity contribution in [1.29, 1.82) is 0 Å². The van der Waals surface area contributed by atoms with Crippen molar-refractivity contribution >= 4 is 5.78 Å². The van der Waals surface area contributed by atoms with Crippen molar-refractivity contribution in [2.24, 2.45) is 0 Å². The van der Waals surface area contributed by atoms with Gasteiger partial charge in [-0.3, -0.25) is 9.78 Å². The van der Waals surface area contributed by atoms with Gasteiger partial charge in [-0.1, -0.05) is 12.1 Å². The molecule has 0 bridgehead atoms. The third kappa shape index (κ3) is 3.77. The number of carbonyl (C=O) groups excluding carboxylic acids is 1. The Labute approximate surface area is 187 Å². The lowest BCUT2D eigenvalue weighted by atomic mass is 9.88. The molecule has 33 heavy (non-hydrogen) atoms. The van der Waals surface area contributed by atoms with Crippen LogP contribution in [0.15, 0.2) is 42.6 Å². The summed E-state index contributed by atoms with van der Waals surface area (Å²) in [5.41, 5.74) is 2.16. The lowest BCUT2D eigenvalue weighted by Gasteiger charge is -2.15. The van der Waals surface area contributed by atoms with E-state index < -0.39 is 17.5 Å². The van der Waals surface area contributed by atoms with E-state index in [0.717, 1.165) is 5.56 Å². The SMILES string of the molecule is COc1ncc(-c2nc(CC(=O)C3(c4ccc5c(c4)OC(F)(F)O5)CC3)ccc2C)cc1F. The zero-order valence-electron chi connectivity index (χ0n) is 17.8. The number of hydrogen-bond acceptors (Lipinski definition) is 6. The lowest BCUT2D eigenvalue weighted by molar-refractivity contribution is -0.286. The molecular formula is C24H19F3N2O4. The average molecular weight is 456 g/mol. The van der Waals surface area contributed by atoms with Crippen LogP contribution in [0.2, 0.25) is 0 Å². The molecule has 2 aliphatic rings. The quantitative estimate of drug-likeness (QED) is 0.533. The van der Waals surface area contributed by atoms with Crippen molar-refractivity contribution in [3.8, 4) is 28.6 Å². The molecule has 0 N–H and O–H groups in total. The van der Waals surface area contributed by atoms with Gasteiger partial charge in [-0.15, -0.1) is 8.78 Å². The summed E-state index contributed by atoms with van der Waals surface area (Å²) in [6, 6.07) is 9.31. The maximum Gasteiger partial charge on any atom is 0.586 e. The number of methoxy groups -OCH3 is 1. The fraction of sp³-hybridized carbons (Fsp3) is 0.292. The number of nitrogens with zero attached hydrogens (tertiary/aromatic N) is 2. The van der Waals surface area contributed by atoms with Crippen LogP contribution in [-0.2, 0) is 16.6 Å². The summed E-state index contributed by atoms with van der Waals surface area (Å²) in [5.74, 6) is -0.934. The molecule has 0 radical (unpaired) electrons. The molecule has 6 nitrogen and oxygen atoms in total. The molecule has 0 spiro atoms. The Bertz CT molecular complexity index is 1270. The highest BCUT2D eigenvalue weighted by molar-refractivity contribution is 5.94. The fourth-order valence-corrected chi connectivity index (χ4v) is 4.10. The topological polar surface area (TPSA) is 70.5 Å². The van der Waals surface area contributed by atoms with E-state index in [4.69, 9.17) is 4.74 Å². The second-order valence-corrected chi connectivity index (χ2v) is 8.19. The Hall–Kier alpha value is -3.62. The zero-order chi connectivity index (χ0) is 23.4. The minimum absolute atomic E-state index is 0.0456. The number of rotatable bonds is 6. The smallest absolute Gasteiger partial charge is 0.479 e. The van der Waals surface area contributed by atoms with Crippen LogP contribution in [0.4, 0.5) is 13.2 Å². The summed E-state index contributed by atoms with van der Waals surface area (Å²) < 4.78 is 54.7. The molecule has 170 valence electrons. The van der Waals surface area contributed by atoms with Gasteiger partial charge in [-0.05, 0) is 55.2 Å². The Morgan fingerprint density at radius 2 is 1.88 bits per heavy atom. The monoisotopic (exact) mass is 456 g/mol. The number of halogens is 3. The zero-order valence-corrected chi connectivity index (χ0v) is 17.8. The van der Waals surface area contributed by atoms with Crippen LogP contribution in [0.1, 0.15) is 29.7 Å². The Balaban J connectivity index is 1.40. The first kappa shape index (κ1) is 21.2. The molecule has 1 fully saturated rings. The molecule has 1 aliphatic heterocycles. The van der Waals surface area contributed by atoms with E-state index in [1.165, 1.54) is 31.5 Å². The largest absolute Gasteiger partial charge is 0.586 e. The van der Waals surface area contributed by atoms with E-state index in [1.54, 1.807) is 12.1 Å². The molecule has 1 saturated carbocycles. The minimum atomic E-state index is -3.71. The number of carbonyl (C=O) groups is 1. The van der Waals surface area contributed by atoms with Crippen molar-refractivity contribution in [3.05, 3.63) is 65.2 Å². The van der Waals surface area contributed by atoms with Crippen LogP contribution in [0.5, 0.6) is 17.4 Å². The van der Waals surface area contributed by atoms with Gasteiger partial charge < -0.3 is 14.2 Å². The second kappa shape index (κ2) is 7.47. The first-order valence-electron chi connectivity index (χ1n) is 10.3. The molecule has 1 aromatic carbocycles. The van der Waals surface area contributed by atoms with Crippen molar-refractivity contribution in [3.63, 3.8) is 0 Å². The molecule has 0 saturated heterocycles. The average Bonchev–Trinajstić information content (AvgIpc) is 3.52. The second-order valence-electron chi connectivity index (χ2n) is 8.19. The molecule has 3 aromatic rings. The van der Waals surface area contributed by atoms with E-state index in [-0.39, 0.29) is 29.6 Å². The van der Waals surface area contributed by atoms with Gasteiger partial charge in [0.25, 0.3) is 0 Å². The number of ether oxygens (including phenoxy) is 3. The van der Waals surface area contributed by atoms with Crippen LogP contribution >= 0.6 is 0 Å². The van der Waals surface area contributed by atoms with Crippen LogP contribution in [-0.4, -0.2) is 29.2 Å². The third-order valence-corrected chi connectivity index (χ3v) is 6.01. The van der Waals surface area contributed by atoms with Crippen LogP contribution in [0.3, 0.4) is 0 Å². The summed E-state index contributed by atoms with van der Waals surface area (Å²) in [6.45, 7) is 1.83. The summed E-state index contributed by atoms with van der Waals surface area (Å²) in [6.07, 6.45) is -0.986. The Morgan fingerprint density at radius 3 is 2.58 bits per heavy atom. The van der Waals surface area contributed by atoms with Crippen molar-refractivity contribution < 1.29 is 32.2 Å². The van der Waals surface area contributed by atoms with Crippen LogP contribution in [0.25, 0.3) is 11.3 Å². The van der Waals surface area contributed by atoms with Crippen LogP contribution < -0.4 is 14.2 Å². The molecule has 9 heteroatoms. The van der Waals surface area contributed by atoms with E-state index in [2.05, 4.69) is 19.4 Å². The summed E-state index contributed by atoms with van der Waals surface area (Å²) in [4.78, 5) is 21.8. The lowest BCUT2D eigenvalue weighted by Crippen LogP contribution is -2.26. The minimum Gasteiger partial charge on any atom is -0.479 e. The maximum absolute atomic E-state index is 14.1. The molecule has 3 heterocycles. The summed E-state index contributed by atoms with van der Waals surface area (Å²) in [7, 11) is 1.33. The van der Waals surface area contributed by atoms with Crippen LogP contribution in [0, 0.1) is 12.7 Å². The van der Waals surface area contributed by atoms with Gasteiger partial charge in [0.15, 0.2) is 17.3 Å². The van der Waals surface area contributed by atoms with Gasteiger partial charge >= 0.3 is 6.29 Å². The number of pyridine rings is 2. The number of alkyl halides is 2. The number of aromatic nitrogens is 2. The van der Waals surface area contributed by atoms with Gasteiger partial charge in [0.05, 0.1) is 18.2 Å². The molecule has 0 atom stereocenters. The Morgan fingerprint density at radius 1 is 1.12 bits per heavy atom. The number of ketones is 1. The van der Waals surface area contributed by atoms with Crippen molar-refractivity contribution in [2.75, 3.05) is 7.11 Å². The molecule has 0 unspecified atom stereocenters. The molecular weight excluding hydrogens is 437 g/mol. The Kier molecular flexibility index (Phi) is 4.81. The third-order valence-electron chi connectivity index (χ3n) is 6.01. The van der Waals surface area contributed by atoms with Gasteiger partial charge in [-0.2, -0.15) is 0 Å². The van der Waals surface area contributed by atoms with Crippen molar-refractivity contribution in [2.45, 2.75) is 37.9 Å². The summed E-state index contributed by atoms with van der Waals surface area (Å²) in [5, 5.41) is 0. The van der Waals surface area contributed by atoms with Gasteiger partial charge in [0.2, 0.25) is 5.88 Å². The fourth-order valence-electron chi connectivity index (χ4n) is 4.10. The van der Waals surface area contributed by atoms with E-state index in [1.807, 2.05) is 13.0 Å². The predicted octanol–water partition coefficient (Wildman–Crippen LogP) is 4.76. The van der Waals surface area contributed by atoms with E-state index in [0.29, 0.717) is 35.4 Å². The maximum atomic E-state index is 14.1. The van der Waals surface area contributed by atoms with Gasteiger partial charge in [-0.25, -0.2) is 9.37 Å². The van der Waals surface area contributed by atoms with Gasteiger partial charge in [0, 0.05) is 23.9 Å². The number of Topliss-reactive ketones (excluding diaryl/α,β-unsaturated/α-hetero) is 1. The number of fused-ring (bicyclic) bond motifs is 1. The first-order chi connectivity index (χ1) is 15.7. The molecule has 2 aromatic heterocycles. The van der Waals surface area contributed by atoms with E-state index >= 15 is 0 Å². The molecule has 5 rings (SSSR count). The number of hydrogen-bond donors (Lipinski definition) is 0.